The van der Waals surface area contributed by atoms with Crippen molar-refractivity contribution in [1.29, 1.82) is 0 Å². The molecule has 1 aliphatic rings. The van der Waals surface area contributed by atoms with Crippen molar-refractivity contribution in [3.8, 4) is 5.75 Å². The highest BCUT2D eigenvalue weighted by atomic mass is 16.6. The number of rotatable bonds is 14. The van der Waals surface area contributed by atoms with E-state index in [4.69, 9.17) is 9.47 Å². The summed E-state index contributed by atoms with van der Waals surface area (Å²) in [6.07, 6.45) is 6.28. The molecule has 1 aliphatic heterocycles. The fourth-order valence-corrected chi connectivity index (χ4v) is 5.81. The molecule has 6 heteroatoms. The number of hydrogen-bond donors (Lipinski definition) is 0. The Balaban J connectivity index is 1.92. The predicted octanol–water partition coefficient (Wildman–Crippen LogP) is 7.50. The summed E-state index contributed by atoms with van der Waals surface area (Å²) in [6.45, 7) is 17.2. The smallest absolute Gasteiger partial charge is 0.358 e. The summed E-state index contributed by atoms with van der Waals surface area (Å²) < 4.78 is 12.7. The van der Waals surface area contributed by atoms with Crippen molar-refractivity contribution in [2.24, 2.45) is 0 Å². The van der Waals surface area contributed by atoms with Crippen molar-refractivity contribution in [3.05, 3.63) is 82.7 Å². The minimum atomic E-state index is -1.16. The summed E-state index contributed by atoms with van der Waals surface area (Å²) in [4.78, 5) is 22.6. The highest BCUT2D eigenvalue weighted by molar-refractivity contribution is 5.94. The summed E-state index contributed by atoms with van der Waals surface area (Å²) in [5.41, 5.74) is 5.04. The number of carbonyl (C=O) groups excluding carboxylic acids is 1. The minimum Gasteiger partial charge on any atom is -0.493 e. The van der Waals surface area contributed by atoms with Gasteiger partial charge in [0.15, 0.2) is 11.3 Å². The van der Waals surface area contributed by atoms with Crippen LogP contribution in [0.25, 0.3) is 0 Å². The Morgan fingerprint density at radius 2 is 1.48 bits per heavy atom. The van der Waals surface area contributed by atoms with E-state index in [1.165, 1.54) is 5.69 Å². The molecule has 0 saturated carbocycles. The first-order chi connectivity index (χ1) is 19.4. The molecule has 0 aliphatic carbocycles. The molecule has 1 unspecified atom stereocenters. The van der Waals surface area contributed by atoms with Gasteiger partial charge in [-0.25, -0.2) is 9.78 Å². The number of fused-ring (bicyclic) bond motifs is 1. The highest BCUT2D eigenvalue weighted by Crippen LogP contribution is 2.51. The number of ether oxygens (including phenoxy) is 2. The largest absolute Gasteiger partial charge is 0.493 e. The second-order valence-electron chi connectivity index (χ2n) is 10.4. The molecule has 214 valence electrons. The second-order valence-corrected chi connectivity index (χ2v) is 10.4. The van der Waals surface area contributed by atoms with Crippen LogP contribution in [0.1, 0.15) is 93.0 Å². The molecular formula is C34H45N3O3. The van der Waals surface area contributed by atoms with Crippen molar-refractivity contribution in [1.82, 2.24) is 4.98 Å². The highest BCUT2D eigenvalue weighted by Gasteiger charge is 2.51. The first-order valence-electron chi connectivity index (χ1n) is 15.0. The molecule has 1 atom stereocenters. The number of aryl methyl sites for hydroxylation is 1. The zero-order valence-corrected chi connectivity index (χ0v) is 25.1. The van der Waals surface area contributed by atoms with Crippen LogP contribution in [-0.4, -0.2) is 43.7 Å². The van der Waals surface area contributed by atoms with Crippen molar-refractivity contribution >= 4 is 17.3 Å². The minimum absolute atomic E-state index is 0.355. The second kappa shape index (κ2) is 13.2. The number of unbranched alkanes of at least 4 members (excludes halogenated alkanes) is 2. The van der Waals surface area contributed by atoms with E-state index in [-0.39, 0.29) is 0 Å². The summed E-state index contributed by atoms with van der Waals surface area (Å²) in [5.74, 6) is 0.300. The molecule has 0 radical (unpaired) electrons. The molecule has 2 aromatic carbocycles. The summed E-state index contributed by atoms with van der Waals surface area (Å²) in [5, 5.41) is 0. The Kier molecular flexibility index (Phi) is 9.72. The lowest BCUT2D eigenvalue weighted by Crippen LogP contribution is -2.32. The zero-order valence-electron chi connectivity index (χ0n) is 25.1. The lowest BCUT2D eigenvalue weighted by molar-refractivity contribution is 0.0240. The van der Waals surface area contributed by atoms with Gasteiger partial charge in [0.25, 0.3) is 0 Å². The fourth-order valence-electron chi connectivity index (χ4n) is 5.81. The Bertz CT molecular complexity index is 1300. The van der Waals surface area contributed by atoms with Gasteiger partial charge in [0, 0.05) is 66.5 Å². The number of esters is 1. The van der Waals surface area contributed by atoms with Gasteiger partial charge in [-0.2, -0.15) is 0 Å². The van der Waals surface area contributed by atoms with Crippen molar-refractivity contribution in [2.75, 3.05) is 42.6 Å². The third-order valence-corrected chi connectivity index (χ3v) is 7.92. The van der Waals surface area contributed by atoms with Crippen LogP contribution in [0.3, 0.4) is 0 Å². The lowest BCUT2D eigenvalue weighted by Gasteiger charge is -2.34. The standard InChI is InChI=1S/C34H45N3O3/c1-7-12-21-37(22-13-8-2)26-16-18-28(25(6)23-26)34(30-15-14-20-35-32(30)33(38)40-34)29-19-17-27(36(9-3)10-4)24-31(29)39-11-5/h14-20,23-24H,7-13,21-22H2,1-6H3. The quantitative estimate of drug-likeness (QED) is 0.196. The summed E-state index contributed by atoms with van der Waals surface area (Å²) in [7, 11) is 0. The number of carbonyl (C=O) groups is 1. The van der Waals surface area contributed by atoms with Gasteiger partial charge in [0.2, 0.25) is 0 Å². The molecule has 0 saturated heterocycles. The van der Waals surface area contributed by atoms with Gasteiger partial charge in [-0.05, 0) is 76.4 Å². The van der Waals surface area contributed by atoms with Gasteiger partial charge in [-0.15, -0.1) is 0 Å². The maximum atomic E-state index is 13.3. The van der Waals surface area contributed by atoms with E-state index in [0.717, 1.165) is 79.8 Å². The van der Waals surface area contributed by atoms with Gasteiger partial charge in [0.05, 0.1) is 6.61 Å². The molecule has 40 heavy (non-hydrogen) atoms. The molecule has 0 spiro atoms. The van der Waals surface area contributed by atoms with Crippen LogP contribution in [-0.2, 0) is 10.3 Å². The topological polar surface area (TPSA) is 54.9 Å². The molecule has 1 aromatic heterocycles. The molecule has 0 fully saturated rings. The number of nitrogens with zero attached hydrogens (tertiary/aromatic N) is 3. The van der Waals surface area contributed by atoms with E-state index in [9.17, 15) is 4.79 Å². The molecule has 0 N–H and O–H groups in total. The molecule has 4 rings (SSSR count). The van der Waals surface area contributed by atoms with E-state index < -0.39 is 11.6 Å². The van der Waals surface area contributed by atoms with Crippen molar-refractivity contribution in [3.63, 3.8) is 0 Å². The number of cyclic esters (lactones) is 1. The number of pyridine rings is 1. The van der Waals surface area contributed by atoms with Gasteiger partial charge in [-0.1, -0.05) is 38.8 Å². The predicted molar refractivity (Wildman–Crippen MR) is 164 cm³/mol. The number of benzene rings is 2. The van der Waals surface area contributed by atoms with Crippen LogP contribution in [0.4, 0.5) is 11.4 Å². The first-order valence-corrected chi connectivity index (χ1v) is 15.0. The molecule has 6 nitrogen and oxygen atoms in total. The third-order valence-electron chi connectivity index (χ3n) is 7.92. The fraction of sp³-hybridized carbons (Fsp3) is 0.471. The summed E-state index contributed by atoms with van der Waals surface area (Å²) >= 11 is 0. The van der Waals surface area contributed by atoms with Gasteiger partial charge in [-0.3, -0.25) is 0 Å². The van der Waals surface area contributed by atoms with Crippen LogP contribution in [0, 0.1) is 6.92 Å². The lowest BCUT2D eigenvalue weighted by atomic mass is 9.78. The molecular weight excluding hydrogens is 498 g/mol. The Morgan fingerprint density at radius 3 is 2.08 bits per heavy atom. The average molecular weight is 544 g/mol. The molecule has 0 amide bonds. The van der Waals surface area contributed by atoms with Gasteiger partial charge < -0.3 is 19.3 Å². The van der Waals surface area contributed by atoms with Crippen LogP contribution < -0.4 is 14.5 Å². The average Bonchev–Trinajstić information content (AvgIpc) is 3.27. The summed E-state index contributed by atoms with van der Waals surface area (Å²) in [6, 6.07) is 16.7. The maximum Gasteiger partial charge on any atom is 0.358 e. The molecule has 3 aromatic rings. The molecule has 0 bridgehead atoms. The SMILES string of the molecule is CCCCN(CCCC)c1ccc(C2(c3ccc(N(CC)CC)cc3OCC)OC(=O)c3ncccc32)c(C)c1. The van der Waals surface area contributed by atoms with E-state index >= 15 is 0 Å². The number of hydrogen-bond acceptors (Lipinski definition) is 6. The number of aromatic nitrogens is 1. The van der Waals surface area contributed by atoms with E-state index in [1.54, 1.807) is 6.20 Å². The first kappa shape index (κ1) is 29.4. The van der Waals surface area contributed by atoms with Crippen LogP contribution in [0.15, 0.2) is 54.7 Å². The van der Waals surface area contributed by atoms with Crippen molar-refractivity contribution in [2.45, 2.75) is 72.8 Å². The van der Waals surface area contributed by atoms with Gasteiger partial charge >= 0.3 is 5.97 Å². The maximum absolute atomic E-state index is 13.3. The van der Waals surface area contributed by atoms with E-state index in [0.29, 0.717) is 18.1 Å². The molecule has 2 heterocycles. The van der Waals surface area contributed by atoms with E-state index in [2.05, 4.69) is 85.8 Å². The number of anilines is 2. The normalized spacial score (nSPS) is 16.0. The third kappa shape index (κ3) is 5.54. The van der Waals surface area contributed by atoms with Gasteiger partial charge in [0.1, 0.15) is 5.75 Å². The Hall–Kier alpha value is -3.54. The monoisotopic (exact) mass is 543 g/mol. The Morgan fingerprint density at radius 1 is 0.825 bits per heavy atom. The zero-order chi connectivity index (χ0) is 28.7. The van der Waals surface area contributed by atoms with Crippen LogP contribution in [0.2, 0.25) is 0 Å². The Labute approximate surface area is 240 Å². The van der Waals surface area contributed by atoms with E-state index in [1.807, 2.05) is 19.1 Å². The van der Waals surface area contributed by atoms with Crippen LogP contribution in [0.5, 0.6) is 5.75 Å². The van der Waals surface area contributed by atoms with Crippen molar-refractivity contribution < 1.29 is 14.3 Å². The van der Waals surface area contributed by atoms with Crippen LogP contribution >= 0.6 is 0 Å².